The molecule has 0 bridgehead atoms. The van der Waals surface area contributed by atoms with Crippen molar-refractivity contribution < 1.29 is 17.8 Å². The number of nitrogens with zero attached hydrogens (tertiary/aromatic N) is 1. The van der Waals surface area contributed by atoms with Crippen LogP contribution in [0.4, 0.5) is 0 Å². The predicted octanol–water partition coefficient (Wildman–Crippen LogP) is 1.35. The minimum Gasteiger partial charge on any atom is -0.339 e. The Labute approximate surface area is 113 Å². The first-order chi connectivity index (χ1) is 8.96. The molecule has 1 saturated heterocycles. The maximum absolute atomic E-state index is 12.2. The van der Waals surface area contributed by atoms with Crippen LogP contribution in [0.25, 0.3) is 0 Å². The summed E-state index contributed by atoms with van der Waals surface area (Å²) >= 11 is 0. The maximum Gasteiger partial charge on any atom is 0.265 e. The second-order valence-corrected chi connectivity index (χ2v) is 6.31. The van der Waals surface area contributed by atoms with Crippen molar-refractivity contribution in [3.8, 4) is 0 Å². The summed E-state index contributed by atoms with van der Waals surface area (Å²) in [7, 11) is -3.97. The van der Waals surface area contributed by atoms with E-state index in [1.54, 1.807) is 24.3 Å². The van der Waals surface area contributed by atoms with Crippen molar-refractivity contribution in [3.63, 3.8) is 0 Å². The van der Waals surface area contributed by atoms with E-state index in [2.05, 4.69) is 0 Å². The first-order valence-electron chi connectivity index (χ1n) is 6.29. The van der Waals surface area contributed by atoms with E-state index in [1.807, 2.05) is 4.90 Å². The first kappa shape index (κ1) is 14.0. The van der Waals surface area contributed by atoms with Gasteiger partial charge in [0.1, 0.15) is 0 Å². The number of rotatable bonds is 4. The largest absolute Gasteiger partial charge is 0.339 e. The first-order valence-corrected chi connectivity index (χ1v) is 7.90. The molecule has 5 nitrogen and oxygen atoms in total. The third-order valence-corrected chi connectivity index (χ3v) is 3.94. The number of amides is 1. The van der Waals surface area contributed by atoms with Gasteiger partial charge in [-0.05, 0) is 37.0 Å². The van der Waals surface area contributed by atoms with Crippen molar-refractivity contribution >= 4 is 16.0 Å². The van der Waals surface area contributed by atoms with E-state index in [4.69, 9.17) is 4.55 Å². The van der Waals surface area contributed by atoms with Crippen LogP contribution >= 0.6 is 0 Å². The molecule has 0 atom stereocenters. The Kier molecular flexibility index (Phi) is 4.21. The highest BCUT2D eigenvalue weighted by Crippen LogP contribution is 2.14. The van der Waals surface area contributed by atoms with Crippen LogP contribution in [0.5, 0.6) is 0 Å². The molecule has 1 fully saturated rings. The molecule has 1 aromatic carbocycles. The van der Waals surface area contributed by atoms with Crippen molar-refractivity contribution in [2.75, 3.05) is 18.8 Å². The molecule has 19 heavy (non-hydrogen) atoms. The minimum absolute atomic E-state index is 0.00814. The summed E-state index contributed by atoms with van der Waals surface area (Å²) in [6, 6.07) is 6.93. The highest BCUT2D eigenvalue weighted by atomic mass is 32.2. The van der Waals surface area contributed by atoms with E-state index in [0.717, 1.165) is 31.5 Å². The Morgan fingerprint density at radius 3 is 2.58 bits per heavy atom. The molecule has 2 rings (SSSR count). The second-order valence-electron chi connectivity index (χ2n) is 4.74. The van der Waals surface area contributed by atoms with Crippen LogP contribution < -0.4 is 0 Å². The lowest BCUT2D eigenvalue weighted by atomic mass is 10.1. The Balaban J connectivity index is 2.08. The van der Waals surface area contributed by atoms with Gasteiger partial charge in [-0.1, -0.05) is 12.1 Å². The fraction of sp³-hybridized carbons (Fsp3) is 0.462. The van der Waals surface area contributed by atoms with Crippen molar-refractivity contribution in [2.45, 2.75) is 19.3 Å². The Morgan fingerprint density at radius 1 is 1.26 bits per heavy atom. The molecule has 0 saturated carbocycles. The zero-order valence-electron chi connectivity index (χ0n) is 10.6. The fourth-order valence-corrected chi connectivity index (χ4v) is 2.70. The molecule has 1 aromatic rings. The number of aryl methyl sites for hydroxylation is 1. The predicted molar refractivity (Wildman–Crippen MR) is 71.7 cm³/mol. The third-order valence-electron chi connectivity index (χ3n) is 3.22. The maximum atomic E-state index is 12.2. The lowest BCUT2D eigenvalue weighted by Gasteiger charge is -2.15. The molecule has 0 unspecified atom stereocenters. The number of hydrogen-bond donors (Lipinski definition) is 1. The highest BCUT2D eigenvalue weighted by Gasteiger charge is 2.19. The molecule has 104 valence electrons. The lowest BCUT2D eigenvalue weighted by molar-refractivity contribution is 0.0792. The van der Waals surface area contributed by atoms with Gasteiger partial charge in [0.05, 0.1) is 5.75 Å². The van der Waals surface area contributed by atoms with Crippen LogP contribution in [-0.2, 0) is 16.5 Å². The van der Waals surface area contributed by atoms with Crippen LogP contribution in [0.1, 0.15) is 28.8 Å². The molecule has 0 spiro atoms. The highest BCUT2D eigenvalue weighted by molar-refractivity contribution is 7.85. The summed E-state index contributed by atoms with van der Waals surface area (Å²) in [6.07, 6.45) is 2.28. The number of carbonyl (C=O) groups is 1. The molecule has 0 aromatic heterocycles. The Bertz CT molecular complexity index is 562. The fourth-order valence-electron chi connectivity index (χ4n) is 2.21. The van der Waals surface area contributed by atoms with E-state index >= 15 is 0 Å². The number of likely N-dealkylation sites (tertiary alicyclic amines) is 1. The molecular weight excluding hydrogens is 266 g/mol. The smallest absolute Gasteiger partial charge is 0.265 e. The van der Waals surface area contributed by atoms with Crippen molar-refractivity contribution in [3.05, 3.63) is 35.4 Å². The topological polar surface area (TPSA) is 74.7 Å². The van der Waals surface area contributed by atoms with Gasteiger partial charge in [0.2, 0.25) is 0 Å². The van der Waals surface area contributed by atoms with E-state index in [0.29, 0.717) is 5.56 Å². The van der Waals surface area contributed by atoms with Crippen molar-refractivity contribution in [1.29, 1.82) is 0 Å². The molecule has 6 heteroatoms. The SMILES string of the molecule is O=C(c1cccc(CCS(=O)(=O)O)c1)N1CCCC1. The van der Waals surface area contributed by atoms with Gasteiger partial charge in [0, 0.05) is 18.7 Å². The van der Waals surface area contributed by atoms with Gasteiger partial charge in [-0.25, -0.2) is 0 Å². The van der Waals surface area contributed by atoms with Crippen LogP contribution in [0.2, 0.25) is 0 Å². The molecule has 1 amide bonds. The van der Waals surface area contributed by atoms with E-state index < -0.39 is 10.1 Å². The van der Waals surface area contributed by atoms with Gasteiger partial charge < -0.3 is 4.90 Å². The lowest BCUT2D eigenvalue weighted by Crippen LogP contribution is -2.27. The zero-order chi connectivity index (χ0) is 13.9. The molecule has 1 heterocycles. The van der Waals surface area contributed by atoms with Crippen LogP contribution in [0.3, 0.4) is 0 Å². The number of hydrogen-bond acceptors (Lipinski definition) is 3. The molecule has 1 aliphatic heterocycles. The number of benzene rings is 1. The molecule has 0 radical (unpaired) electrons. The monoisotopic (exact) mass is 283 g/mol. The van der Waals surface area contributed by atoms with Gasteiger partial charge in [0.15, 0.2) is 0 Å². The Morgan fingerprint density at radius 2 is 1.95 bits per heavy atom. The number of carbonyl (C=O) groups excluding carboxylic acids is 1. The molecule has 1 N–H and O–H groups in total. The van der Waals surface area contributed by atoms with Crippen LogP contribution in [-0.4, -0.2) is 42.6 Å². The van der Waals surface area contributed by atoms with Crippen LogP contribution in [0, 0.1) is 0 Å². The van der Waals surface area contributed by atoms with Gasteiger partial charge >= 0.3 is 0 Å². The average molecular weight is 283 g/mol. The van der Waals surface area contributed by atoms with Gasteiger partial charge in [0.25, 0.3) is 16.0 Å². The summed E-state index contributed by atoms with van der Waals surface area (Å²) in [5, 5.41) is 0. The van der Waals surface area contributed by atoms with E-state index in [1.165, 1.54) is 0 Å². The summed E-state index contributed by atoms with van der Waals surface area (Å²) in [6.45, 7) is 1.57. The van der Waals surface area contributed by atoms with E-state index in [-0.39, 0.29) is 18.1 Å². The quantitative estimate of drug-likeness (QED) is 0.846. The summed E-state index contributed by atoms with van der Waals surface area (Å²) in [5.74, 6) is -0.333. The molecule has 1 aliphatic rings. The van der Waals surface area contributed by atoms with Crippen LogP contribution in [0.15, 0.2) is 24.3 Å². The van der Waals surface area contributed by atoms with Gasteiger partial charge in [-0.2, -0.15) is 8.42 Å². The summed E-state index contributed by atoms with van der Waals surface area (Å²) in [5.41, 5.74) is 1.32. The van der Waals surface area contributed by atoms with Gasteiger partial charge in [-0.3, -0.25) is 9.35 Å². The van der Waals surface area contributed by atoms with Gasteiger partial charge in [-0.15, -0.1) is 0 Å². The zero-order valence-corrected chi connectivity index (χ0v) is 11.4. The minimum atomic E-state index is -3.97. The molecule has 0 aliphatic carbocycles. The second kappa shape index (κ2) is 5.71. The Hall–Kier alpha value is -1.40. The average Bonchev–Trinajstić information content (AvgIpc) is 2.89. The summed E-state index contributed by atoms with van der Waals surface area (Å²) < 4.78 is 30.2. The third kappa shape index (κ3) is 4.04. The normalized spacial score (nSPS) is 15.7. The van der Waals surface area contributed by atoms with Crippen molar-refractivity contribution in [2.24, 2.45) is 0 Å². The van der Waals surface area contributed by atoms with Crippen molar-refractivity contribution in [1.82, 2.24) is 4.90 Å². The van der Waals surface area contributed by atoms with E-state index in [9.17, 15) is 13.2 Å². The summed E-state index contributed by atoms with van der Waals surface area (Å²) in [4.78, 5) is 14.0. The standard InChI is InChI=1S/C13H17NO4S/c15-13(14-7-1-2-8-14)12-5-3-4-11(10-12)6-9-19(16,17)18/h3-5,10H,1-2,6-9H2,(H,16,17,18). The molecular formula is C13H17NO4S.